The maximum atomic E-state index is 12.6. The standard InChI is InChI=1S/C26H30ClN5O3/c1-26(2,3)20-8-4-19(5-9-20)25(34)28-16-23(33)32-14-12-31(13-15-32)17-22-29-24(30-35-22)18-6-10-21(27)11-7-18/h4-11H,12-17H2,1-3H3,(H,28,34). The number of hydrogen-bond donors (Lipinski definition) is 1. The van der Waals surface area contributed by atoms with Crippen molar-refractivity contribution in [2.75, 3.05) is 32.7 Å². The van der Waals surface area contributed by atoms with E-state index < -0.39 is 0 Å². The molecule has 9 heteroatoms. The quantitative estimate of drug-likeness (QED) is 0.560. The average Bonchev–Trinajstić information content (AvgIpc) is 3.31. The van der Waals surface area contributed by atoms with Gasteiger partial charge in [0.2, 0.25) is 17.6 Å². The second-order valence-electron chi connectivity index (χ2n) is 9.69. The predicted octanol–water partition coefficient (Wildman–Crippen LogP) is 3.76. The Hall–Kier alpha value is -3.23. The molecule has 0 unspecified atom stereocenters. The van der Waals surface area contributed by atoms with Gasteiger partial charge in [-0.2, -0.15) is 4.98 Å². The Morgan fingerprint density at radius 2 is 1.66 bits per heavy atom. The van der Waals surface area contributed by atoms with Crippen LogP contribution in [0.15, 0.2) is 53.1 Å². The molecule has 0 aliphatic carbocycles. The summed E-state index contributed by atoms with van der Waals surface area (Å²) in [5.41, 5.74) is 2.57. The highest BCUT2D eigenvalue weighted by Crippen LogP contribution is 2.22. The SMILES string of the molecule is CC(C)(C)c1ccc(C(=O)NCC(=O)N2CCN(Cc3nc(-c4ccc(Cl)cc4)no3)CC2)cc1. The summed E-state index contributed by atoms with van der Waals surface area (Å²) in [5, 5.41) is 7.44. The highest BCUT2D eigenvalue weighted by atomic mass is 35.5. The number of halogens is 1. The van der Waals surface area contributed by atoms with Crippen LogP contribution >= 0.6 is 11.6 Å². The number of piperazine rings is 1. The number of hydrogen-bond acceptors (Lipinski definition) is 6. The number of amides is 2. The second kappa shape index (κ2) is 10.6. The Kier molecular flexibility index (Phi) is 7.52. The molecule has 0 saturated carbocycles. The molecule has 8 nitrogen and oxygen atoms in total. The number of aromatic nitrogens is 2. The van der Waals surface area contributed by atoms with E-state index in [1.807, 2.05) is 24.3 Å². The molecule has 35 heavy (non-hydrogen) atoms. The summed E-state index contributed by atoms with van der Waals surface area (Å²) in [6, 6.07) is 14.8. The van der Waals surface area contributed by atoms with Gasteiger partial charge in [0.25, 0.3) is 5.91 Å². The second-order valence-corrected chi connectivity index (χ2v) is 10.1. The molecule has 0 radical (unpaired) electrons. The maximum absolute atomic E-state index is 12.6. The Bertz CT molecular complexity index is 1160. The van der Waals surface area contributed by atoms with Crippen molar-refractivity contribution >= 4 is 23.4 Å². The van der Waals surface area contributed by atoms with E-state index in [9.17, 15) is 9.59 Å². The van der Waals surface area contributed by atoms with Gasteiger partial charge in [-0.3, -0.25) is 14.5 Å². The molecule has 1 fully saturated rings. The van der Waals surface area contributed by atoms with Crippen LogP contribution in [0, 0.1) is 0 Å². The molecule has 1 saturated heterocycles. The van der Waals surface area contributed by atoms with Crippen LogP contribution < -0.4 is 5.32 Å². The third-order valence-electron chi connectivity index (χ3n) is 6.07. The zero-order chi connectivity index (χ0) is 25.0. The van der Waals surface area contributed by atoms with Gasteiger partial charge in [0, 0.05) is 42.3 Å². The van der Waals surface area contributed by atoms with Crippen LogP contribution in [0.25, 0.3) is 11.4 Å². The Balaban J connectivity index is 1.22. The van der Waals surface area contributed by atoms with Crippen molar-refractivity contribution in [1.82, 2.24) is 25.3 Å². The van der Waals surface area contributed by atoms with Crippen molar-refractivity contribution in [3.8, 4) is 11.4 Å². The molecule has 3 aromatic rings. The topological polar surface area (TPSA) is 91.6 Å². The number of rotatable bonds is 6. The summed E-state index contributed by atoms with van der Waals surface area (Å²) in [7, 11) is 0. The van der Waals surface area contributed by atoms with Crippen molar-refractivity contribution < 1.29 is 14.1 Å². The smallest absolute Gasteiger partial charge is 0.251 e. The van der Waals surface area contributed by atoms with Crippen molar-refractivity contribution in [2.45, 2.75) is 32.7 Å². The first-order chi connectivity index (χ1) is 16.7. The molecule has 1 aromatic heterocycles. The van der Waals surface area contributed by atoms with E-state index in [1.165, 1.54) is 0 Å². The third kappa shape index (κ3) is 6.46. The molecular weight excluding hydrogens is 466 g/mol. The van der Waals surface area contributed by atoms with Crippen molar-refractivity contribution in [1.29, 1.82) is 0 Å². The summed E-state index contributed by atoms with van der Waals surface area (Å²) in [6.45, 7) is 9.40. The van der Waals surface area contributed by atoms with Crippen LogP contribution in [0.2, 0.25) is 5.02 Å². The summed E-state index contributed by atoms with van der Waals surface area (Å²) in [5.74, 6) is 0.714. The third-order valence-corrected chi connectivity index (χ3v) is 6.32. The molecule has 2 aromatic carbocycles. The zero-order valence-electron chi connectivity index (χ0n) is 20.3. The van der Waals surface area contributed by atoms with Gasteiger partial charge in [-0.1, -0.05) is 49.7 Å². The highest BCUT2D eigenvalue weighted by molar-refractivity contribution is 6.30. The predicted molar refractivity (Wildman–Crippen MR) is 134 cm³/mol. The molecule has 0 bridgehead atoms. The minimum atomic E-state index is -0.245. The molecule has 4 rings (SSSR count). The lowest BCUT2D eigenvalue weighted by molar-refractivity contribution is -0.131. The van der Waals surface area contributed by atoms with Crippen LogP contribution in [0.1, 0.15) is 42.6 Å². The lowest BCUT2D eigenvalue weighted by Gasteiger charge is -2.34. The fourth-order valence-corrected chi connectivity index (χ4v) is 4.00. The van der Waals surface area contributed by atoms with Gasteiger partial charge in [-0.05, 0) is 47.4 Å². The minimum absolute atomic E-state index is 0.0199. The monoisotopic (exact) mass is 495 g/mol. The van der Waals surface area contributed by atoms with Crippen LogP contribution in [0.4, 0.5) is 0 Å². The number of carbonyl (C=O) groups excluding carboxylic acids is 2. The van der Waals surface area contributed by atoms with E-state index in [2.05, 4.69) is 41.1 Å². The first-order valence-corrected chi connectivity index (χ1v) is 12.0. The number of benzene rings is 2. The van der Waals surface area contributed by atoms with Gasteiger partial charge >= 0.3 is 0 Å². The molecule has 1 aliphatic heterocycles. The van der Waals surface area contributed by atoms with Gasteiger partial charge in [0.1, 0.15) is 0 Å². The summed E-state index contributed by atoms with van der Waals surface area (Å²) in [6.07, 6.45) is 0. The maximum Gasteiger partial charge on any atom is 0.251 e. The van der Waals surface area contributed by atoms with Gasteiger partial charge in [-0.25, -0.2) is 0 Å². The van der Waals surface area contributed by atoms with Crippen LogP contribution in [-0.2, 0) is 16.8 Å². The van der Waals surface area contributed by atoms with Gasteiger partial charge in [0.05, 0.1) is 13.1 Å². The van der Waals surface area contributed by atoms with Crippen LogP contribution in [-0.4, -0.2) is 64.5 Å². The van der Waals surface area contributed by atoms with Crippen LogP contribution in [0.3, 0.4) is 0 Å². The minimum Gasteiger partial charge on any atom is -0.343 e. The fraction of sp³-hybridized carbons (Fsp3) is 0.385. The average molecular weight is 496 g/mol. The summed E-state index contributed by atoms with van der Waals surface area (Å²) in [4.78, 5) is 33.5. The van der Waals surface area contributed by atoms with Gasteiger partial charge in [-0.15, -0.1) is 0 Å². The molecule has 2 heterocycles. The van der Waals surface area contributed by atoms with E-state index in [4.69, 9.17) is 16.1 Å². The highest BCUT2D eigenvalue weighted by Gasteiger charge is 2.23. The number of carbonyl (C=O) groups is 2. The largest absolute Gasteiger partial charge is 0.343 e. The van der Waals surface area contributed by atoms with E-state index in [-0.39, 0.29) is 23.8 Å². The molecule has 2 amide bonds. The molecule has 184 valence electrons. The zero-order valence-corrected chi connectivity index (χ0v) is 21.0. The molecule has 0 spiro atoms. The number of nitrogens with zero attached hydrogens (tertiary/aromatic N) is 4. The van der Waals surface area contributed by atoms with E-state index in [0.29, 0.717) is 55.0 Å². The molecular formula is C26H30ClN5O3. The van der Waals surface area contributed by atoms with Gasteiger partial charge in [0.15, 0.2) is 0 Å². The van der Waals surface area contributed by atoms with Crippen molar-refractivity contribution in [3.05, 3.63) is 70.6 Å². The summed E-state index contributed by atoms with van der Waals surface area (Å²) >= 11 is 5.93. The first kappa shape index (κ1) is 24.9. The van der Waals surface area contributed by atoms with E-state index in [1.54, 1.807) is 29.2 Å². The van der Waals surface area contributed by atoms with Crippen LogP contribution in [0.5, 0.6) is 0 Å². The summed E-state index contributed by atoms with van der Waals surface area (Å²) < 4.78 is 5.40. The molecule has 0 atom stereocenters. The van der Waals surface area contributed by atoms with Gasteiger partial charge < -0.3 is 14.7 Å². The first-order valence-electron chi connectivity index (χ1n) is 11.7. The van der Waals surface area contributed by atoms with Crippen molar-refractivity contribution in [2.24, 2.45) is 0 Å². The number of nitrogens with one attached hydrogen (secondary N) is 1. The Morgan fingerprint density at radius 3 is 2.29 bits per heavy atom. The Labute approximate surface area is 210 Å². The van der Waals surface area contributed by atoms with Crippen molar-refractivity contribution in [3.63, 3.8) is 0 Å². The molecule has 1 aliphatic rings. The fourth-order valence-electron chi connectivity index (χ4n) is 3.87. The van der Waals surface area contributed by atoms with E-state index >= 15 is 0 Å². The lowest BCUT2D eigenvalue weighted by Crippen LogP contribution is -2.50. The lowest BCUT2D eigenvalue weighted by atomic mass is 9.87. The molecule has 1 N–H and O–H groups in total. The normalized spacial score (nSPS) is 14.7. The van der Waals surface area contributed by atoms with E-state index in [0.717, 1.165) is 11.1 Å². The Morgan fingerprint density at radius 1 is 1.00 bits per heavy atom.